The lowest BCUT2D eigenvalue weighted by molar-refractivity contribution is 0.0998. The Balaban J connectivity index is 2.46. The van der Waals surface area contributed by atoms with Crippen molar-refractivity contribution in [1.29, 1.82) is 0 Å². The van der Waals surface area contributed by atoms with E-state index in [0.717, 1.165) is 0 Å². The molecule has 1 aliphatic rings. The largest absolute Gasteiger partial charge is 0.366 e. The van der Waals surface area contributed by atoms with Crippen LogP contribution in [-0.2, 0) is 0 Å². The molecule has 1 amide bonds. The molecule has 0 radical (unpaired) electrons. The number of carbonyl (C=O) groups excluding carboxylic acids is 1. The van der Waals surface area contributed by atoms with Gasteiger partial charge in [0.15, 0.2) is 0 Å². The van der Waals surface area contributed by atoms with Crippen LogP contribution in [0.4, 0.5) is 5.82 Å². The van der Waals surface area contributed by atoms with Crippen LogP contribution >= 0.6 is 0 Å². The molecule has 9 N–H and O–H groups in total. The van der Waals surface area contributed by atoms with E-state index < -0.39 is 18.4 Å². The second-order valence-electron chi connectivity index (χ2n) is 3.12. The van der Waals surface area contributed by atoms with Crippen LogP contribution in [-0.4, -0.2) is 17.2 Å². The smallest absolute Gasteiger partial charge is 0.250 e. The van der Waals surface area contributed by atoms with E-state index in [1.807, 2.05) is 0 Å². The fourth-order valence-corrected chi connectivity index (χ4v) is 1.55. The number of carbonyl (C=O) groups is 1. The summed E-state index contributed by atoms with van der Waals surface area (Å²) in [4.78, 5) is 13.9. The van der Waals surface area contributed by atoms with Gasteiger partial charge in [-0.25, -0.2) is 0 Å². The molecule has 2 unspecified atom stereocenters. The van der Waals surface area contributed by atoms with E-state index in [-0.39, 0.29) is 0 Å². The highest BCUT2D eigenvalue weighted by Gasteiger charge is 2.26. The van der Waals surface area contributed by atoms with Crippen molar-refractivity contribution in [3.63, 3.8) is 0 Å². The predicted octanol–water partition coefficient (Wildman–Crippen LogP) is -1.67. The molecule has 1 aromatic heterocycles. The van der Waals surface area contributed by atoms with Crippen molar-refractivity contribution in [2.45, 2.75) is 12.5 Å². The minimum absolute atomic E-state index is 0.374. The van der Waals surface area contributed by atoms with Crippen molar-refractivity contribution in [3.05, 3.63) is 17.3 Å². The third-order valence-corrected chi connectivity index (χ3v) is 2.16. The lowest BCUT2D eigenvalue weighted by Gasteiger charge is -2.28. The second-order valence-corrected chi connectivity index (χ2v) is 3.12. The van der Waals surface area contributed by atoms with E-state index in [2.05, 4.69) is 15.6 Å². The van der Waals surface area contributed by atoms with Crippen LogP contribution in [0, 0.1) is 0 Å². The molecular formula is C7H12N6O. The first-order valence-corrected chi connectivity index (χ1v) is 4.14. The molecule has 1 aliphatic heterocycles. The molecule has 2 atom stereocenters. The van der Waals surface area contributed by atoms with Crippen LogP contribution in [0.3, 0.4) is 0 Å². The van der Waals surface area contributed by atoms with E-state index in [1.165, 1.54) is 6.20 Å². The molecule has 0 bridgehead atoms. The molecule has 1 aromatic rings. The molecule has 0 aliphatic carbocycles. The van der Waals surface area contributed by atoms with Gasteiger partial charge in [-0.3, -0.25) is 15.8 Å². The van der Waals surface area contributed by atoms with Crippen LogP contribution in [0.2, 0.25) is 0 Å². The number of aromatic amines is 1. The first-order valence-electron chi connectivity index (χ1n) is 4.14. The van der Waals surface area contributed by atoms with Crippen LogP contribution < -0.4 is 27.8 Å². The number of amides is 1. The summed E-state index contributed by atoms with van der Waals surface area (Å²) in [5.41, 5.74) is 17.5. The van der Waals surface area contributed by atoms with Gasteiger partial charge in [0, 0.05) is 11.8 Å². The Morgan fingerprint density at radius 1 is 1.43 bits per heavy atom. The Kier molecular flexibility index (Phi) is 1.92. The first-order chi connectivity index (χ1) is 6.59. The summed E-state index contributed by atoms with van der Waals surface area (Å²) in [7, 11) is 0. The summed E-state index contributed by atoms with van der Waals surface area (Å²) in [6, 6.07) is 0. The van der Waals surface area contributed by atoms with Gasteiger partial charge in [-0.05, 0) is 0 Å². The molecule has 0 saturated heterocycles. The van der Waals surface area contributed by atoms with Crippen LogP contribution in [0.5, 0.6) is 0 Å². The Hall–Kier alpha value is -1.57. The molecule has 0 aromatic carbocycles. The number of nitrogens with two attached hydrogens (primary N) is 3. The molecular weight excluding hydrogens is 184 g/mol. The number of nitrogens with one attached hydrogen (secondary N) is 3. The molecule has 0 saturated carbocycles. The summed E-state index contributed by atoms with van der Waals surface area (Å²) in [6.07, 6.45) is 0.589. The molecule has 14 heavy (non-hydrogen) atoms. The fraction of sp³-hybridized carbons (Fsp3) is 0.286. The van der Waals surface area contributed by atoms with Gasteiger partial charge in [0.25, 0.3) is 5.91 Å². The number of anilines is 1. The summed E-state index contributed by atoms with van der Waals surface area (Å²) >= 11 is 0. The van der Waals surface area contributed by atoms with Gasteiger partial charge in [0.05, 0.1) is 11.7 Å². The van der Waals surface area contributed by atoms with Crippen LogP contribution in [0.25, 0.3) is 0 Å². The topological polar surface area (TPSA) is 135 Å². The summed E-state index contributed by atoms with van der Waals surface area (Å²) in [6.45, 7) is 0. The monoisotopic (exact) mass is 196 g/mol. The minimum Gasteiger partial charge on any atom is -0.366 e. The highest BCUT2D eigenvalue weighted by atomic mass is 16.1. The maximum absolute atomic E-state index is 11.0. The van der Waals surface area contributed by atoms with Gasteiger partial charge in [0.1, 0.15) is 12.1 Å². The van der Waals surface area contributed by atoms with Gasteiger partial charge in [-0.1, -0.05) is 0 Å². The summed E-state index contributed by atoms with van der Waals surface area (Å²) < 4.78 is 0. The number of rotatable bonds is 1. The molecule has 2 rings (SSSR count). The van der Waals surface area contributed by atoms with Crippen molar-refractivity contribution >= 4 is 11.7 Å². The Bertz CT molecular complexity index is 372. The normalized spacial score (nSPS) is 25.3. The minimum atomic E-state index is -0.517. The summed E-state index contributed by atoms with van der Waals surface area (Å²) in [5, 5.41) is 5.72. The summed E-state index contributed by atoms with van der Waals surface area (Å²) in [5.74, 6) is 0.120. The average Bonchev–Trinajstić information content (AvgIpc) is 2.47. The standard InChI is InChI=1S/C7H12N6O/c8-4-3-2(5(9)14)1-11-6(3)13-7(10)12-4/h1,4,7,11-13H,8,10H2,(H2,9,14). The molecule has 7 nitrogen and oxygen atoms in total. The van der Waals surface area contributed by atoms with Crippen LogP contribution in [0.1, 0.15) is 22.1 Å². The lowest BCUT2D eigenvalue weighted by atomic mass is 10.1. The molecule has 0 fully saturated rings. The average molecular weight is 196 g/mol. The number of hydrogen-bond acceptors (Lipinski definition) is 5. The Labute approximate surface area is 80.0 Å². The van der Waals surface area contributed by atoms with Crippen molar-refractivity contribution in [2.75, 3.05) is 5.32 Å². The molecule has 2 heterocycles. The number of H-pyrrole nitrogens is 1. The van der Waals surface area contributed by atoms with E-state index in [0.29, 0.717) is 16.9 Å². The maximum Gasteiger partial charge on any atom is 0.250 e. The quantitative estimate of drug-likeness (QED) is 0.319. The first kappa shape index (κ1) is 9.00. The lowest BCUT2D eigenvalue weighted by Crippen LogP contribution is -2.52. The molecule has 0 spiro atoms. The van der Waals surface area contributed by atoms with E-state index in [9.17, 15) is 4.79 Å². The number of fused-ring (bicyclic) bond motifs is 1. The maximum atomic E-state index is 11.0. The van der Waals surface area contributed by atoms with Crippen molar-refractivity contribution in [3.8, 4) is 0 Å². The van der Waals surface area contributed by atoms with Gasteiger partial charge >= 0.3 is 0 Å². The van der Waals surface area contributed by atoms with E-state index in [4.69, 9.17) is 17.2 Å². The third kappa shape index (κ3) is 1.23. The van der Waals surface area contributed by atoms with Gasteiger partial charge < -0.3 is 21.8 Å². The highest BCUT2D eigenvalue weighted by Crippen LogP contribution is 2.26. The zero-order valence-corrected chi connectivity index (χ0v) is 7.37. The van der Waals surface area contributed by atoms with Gasteiger partial charge in [-0.15, -0.1) is 0 Å². The van der Waals surface area contributed by atoms with Gasteiger partial charge in [-0.2, -0.15) is 0 Å². The predicted molar refractivity (Wildman–Crippen MR) is 51.0 cm³/mol. The Morgan fingerprint density at radius 3 is 2.79 bits per heavy atom. The zero-order chi connectivity index (χ0) is 10.3. The van der Waals surface area contributed by atoms with Gasteiger partial charge in [0.2, 0.25) is 0 Å². The van der Waals surface area contributed by atoms with Crippen molar-refractivity contribution in [1.82, 2.24) is 10.3 Å². The van der Waals surface area contributed by atoms with Crippen molar-refractivity contribution < 1.29 is 4.79 Å². The second kappa shape index (κ2) is 2.98. The van der Waals surface area contributed by atoms with E-state index >= 15 is 0 Å². The SMILES string of the molecule is NC(=O)c1c[nH]c2c1C(N)NC(N)N2. The van der Waals surface area contributed by atoms with Crippen LogP contribution in [0.15, 0.2) is 6.20 Å². The molecule has 7 heteroatoms. The van der Waals surface area contributed by atoms with E-state index in [1.54, 1.807) is 0 Å². The van der Waals surface area contributed by atoms with Crippen molar-refractivity contribution in [2.24, 2.45) is 17.2 Å². The fourth-order valence-electron chi connectivity index (χ4n) is 1.55. The molecule has 76 valence electrons. The highest BCUT2D eigenvalue weighted by molar-refractivity contribution is 5.96. The number of hydrogen-bond donors (Lipinski definition) is 6. The number of aromatic nitrogens is 1. The Morgan fingerprint density at radius 2 is 2.14 bits per heavy atom. The third-order valence-electron chi connectivity index (χ3n) is 2.16. The zero-order valence-electron chi connectivity index (χ0n) is 7.37. The number of primary amides is 1.